The van der Waals surface area contributed by atoms with Gasteiger partial charge in [-0.1, -0.05) is 24.4 Å². The van der Waals surface area contributed by atoms with Crippen molar-refractivity contribution in [1.29, 1.82) is 0 Å². The van der Waals surface area contributed by atoms with Gasteiger partial charge in [-0.25, -0.2) is 8.42 Å². The van der Waals surface area contributed by atoms with E-state index in [0.29, 0.717) is 43.5 Å². The monoisotopic (exact) mass is 445 g/mol. The Labute approximate surface area is 177 Å². The number of thioether (sulfide) groups is 1. The van der Waals surface area contributed by atoms with Gasteiger partial charge in [-0.2, -0.15) is 16.1 Å². The maximum atomic E-state index is 13.0. The number of nitrogens with zero attached hydrogens (tertiary/aromatic N) is 2. The van der Waals surface area contributed by atoms with Gasteiger partial charge in [0.25, 0.3) is 5.91 Å². The van der Waals surface area contributed by atoms with E-state index < -0.39 is 10.0 Å². The summed E-state index contributed by atoms with van der Waals surface area (Å²) < 4.78 is 27.4. The summed E-state index contributed by atoms with van der Waals surface area (Å²) in [4.78, 5) is 14.6. The smallest absolute Gasteiger partial charge is 0.251 e. The number of nitrogens with one attached hydrogen (secondary N) is 1. The van der Waals surface area contributed by atoms with Gasteiger partial charge < -0.3 is 10.2 Å². The van der Waals surface area contributed by atoms with Crippen LogP contribution in [0.25, 0.3) is 0 Å². The summed E-state index contributed by atoms with van der Waals surface area (Å²) in [5.74, 6) is 0.606. The number of hydrogen-bond acceptors (Lipinski definition) is 5. The van der Waals surface area contributed by atoms with Gasteiger partial charge in [0.2, 0.25) is 10.0 Å². The van der Waals surface area contributed by atoms with Crippen LogP contribution in [0.1, 0.15) is 36.0 Å². The normalized spacial score (nSPS) is 19.8. The van der Waals surface area contributed by atoms with Crippen molar-refractivity contribution in [2.24, 2.45) is 0 Å². The molecule has 0 radical (unpaired) electrons. The molecule has 1 aliphatic heterocycles. The topological polar surface area (TPSA) is 69.7 Å². The van der Waals surface area contributed by atoms with E-state index in [4.69, 9.17) is 11.6 Å². The number of halogens is 1. The minimum atomic E-state index is -3.72. The Hall–Kier alpha value is -0.800. The molecule has 6 nitrogen and oxygen atoms in total. The first kappa shape index (κ1) is 21.9. The van der Waals surface area contributed by atoms with Gasteiger partial charge in [-0.15, -0.1) is 0 Å². The second kappa shape index (κ2) is 9.80. The van der Waals surface area contributed by atoms with E-state index in [1.54, 1.807) is 6.07 Å². The predicted molar refractivity (Wildman–Crippen MR) is 115 cm³/mol. The van der Waals surface area contributed by atoms with Crippen molar-refractivity contribution < 1.29 is 13.2 Å². The summed E-state index contributed by atoms with van der Waals surface area (Å²) in [5.41, 5.74) is 0.322. The SMILES string of the molecule is CN1CCN(S(=O)(=O)c2cc(C(=O)NCCSC3CCCC3)ccc2Cl)CC1. The highest BCUT2D eigenvalue weighted by atomic mass is 35.5. The standard InChI is InChI=1S/C19H28ClN3O3S2/c1-22-9-11-23(12-10-22)28(25,26)18-14-15(6-7-17(18)20)19(24)21-8-13-27-16-4-2-3-5-16/h6-7,14,16H,2-5,8-13H2,1H3,(H,21,24). The molecular weight excluding hydrogens is 418 g/mol. The highest BCUT2D eigenvalue weighted by Gasteiger charge is 2.30. The number of amides is 1. The Morgan fingerprint density at radius 1 is 1.21 bits per heavy atom. The Kier molecular flexibility index (Phi) is 7.67. The molecule has 1 heterocycles. The van der Waals surface area contributed by atoms with Crippen molar-refractivity contribution >= 4 is 39.3 Å². The minimum Gasteiger partial charge on any atom is -0.351 e. The van der Waals surface area contributed by atoms with Crippen LogP contribution in [0.3, 0.4) is 0 Å². The zero-order chi connectivity index (χ0) is 20.1. The average Bonchev–Trinajstić information content (AvgIpc) is 3.19. The second-order valence-corrected chi connectivity index (χ2v) is 11.1. The van der Waals surface area contributed by atoms with Crippen LogP contribution in [0.5, 0.6) is 0 Å². The van der Waals surface area contributed by atoms with Crippen LogP contribution in [-0.2, 0) is 10.0 Å². The van der Waals surface area contributed by atoms with E-state index in [2.05, 4.69) is 10.2 Å². The maximum absolute atomic E-state index is 13.0. The van der Waals surface area contributed by atoms with Crippen molar-refractivity contribution in [3.63, 3.8) is 0 Å². The number of sulfonamides is 1. The van der Waals surface area contributed by atoms with Crippen LogP contribution in [0.4, 0.5) is 0 Å². The fraction of sp³-hybridized carbons (Fsp3) is 0.632. The van der Waals surface area contributed by atoms with Gasteiger partial charge >= 0.3 is 0 Å². The van der Waals surface area contributed by atoms with Crippen LogP contribution in [-0.4, -0.2) is 74.3 Å². The Morgan fingerprint density at radius 2 is 1.89 bits per heavy atom. The number of carbonyl (C=O) groups excluding carboxylic acids is 1. The number of likely N-dealkylation sites (N-methyl/N-ethyl adjacent to an activating group) is 1. The van der Waals surface area contributed by atoms with Crippen LogP contribution in [0.15, 0.2) is 23.1 Å². The lowest BCUT2D eigenvalue weighted by Crippen LogP contribution is -2.47. The molecule has 0 bridgehead atoms. The molecule has 1 amide bonds. The third-order valence-electron chi connectivity index (χ3n) is 5.32. The van der Waals surface area contributed by atoms with E-state index in [1.165, 1.54) is 42.1 Å². The molecule has 1 saturated carbocycles. The van der Waals surface area contributed by atoms with E-state index >= 15 is 0 Å². The molecule has 28 heavy (non-hydrogen) atoms. The van der Waals surface area contributed by atoms with Gasteiger partial charge in [0.1, 0.15) is 4.90 Å². The Balaban J connectivity index is 1.62. The zero-order valence-corrected chi connectivity index (χ0v) is 18.6. The quantitative estimate of drug-likeness (QED) is 0.653. The fourth-order valence-corrected chi connectivity index (χ4v) is 6.70. The Morgan fingerprint density at radius 3 is 2.57 bits per heavy atom. The van der Waals surface area contributed by atoms with E-state index in [-0.39, 0.29) is 15.8 Å². The van der Waals surface area contributed by atoms with Crippen LogP contribution in [0.2, 0.25) is 5.02 Å². The average molecular weight is 446 g/mol. The van der Waals surface area contributed by atoms with Crippen molar-refractivity contribution in [1.82, 2.24) is 14.5 Å². The molecule has 1 N–H and O–H groups in total. The molecule has 2 aliphatic rings. The number of carbonyl (C=O) groups is 1. The first-order valence-electron chi connectivity index (χ1n) is 9.76. The molecule has 1 aliphatic carbocycles. The molecule has 2 fully saturated rings. The second-order valence-electron chi connectivity index (χ2n) is 7.39. The minimum absolute atomic E-state index is 0.00620. The summed E-state index contributed by atoms with van der Waals surface area (Å²) >= 11 is 8.09. The molecule has 0 spiro atoms. The van der Waals surface area contributed by atoms with E-state index in [0.717, 1.165) is 5.75 Å². The molecule has 1 aromatic rings. The molecule has 9 heteroatoms. The number of piperazine rings is 1. The lowest BCUT2D eigenvalue weighted by molar-refractivity contribution is 0.0956. The first-order chi connectivity index (χ1) is 13.4. The summed E-state index contributed by atoms with van der Waals surface area (Å²) in [6.07, 6.45) is 5.14. The van der Waals surface area contributed by atoms with Crippen LogP contribution < -0.4 is 5.32 Å². The molecule has 1 aromatic carbocycles. The van der Waals surface area contributed by atoms with Crippen LogP contribution >= 0.6 is 23.4 Å². The Bertz CT molecular complexity index is 790. The highest BCUT2D eigenvalue weighted by Crippen LogP contribution is 2.29. The van der Waals surface area contributed by atoms with Crippen LogP contribution in [0, 0.1) is 0 Å². The summed E-state index contributed by atoms with van der Waals surface area (Å²) in [7, 11) is -1.75. The largest absolute Gasteiger partial charge is 0.351 e. The molecule has 0 aromatic heterocycles. The van der Waals surface area contributed by atoms with Crippen molar-refractivity contribution in [3.05, 3.63) is 28.8 Å². The van der Waals surface area contributed by atoms with Gasteiger partial charge in [0, 0.05) is 49.3 Å². The van der Waals surface area contributed by atoms with E-state index in [9.17, 15) is 13.2 Å². The molecule has 1 saturated heterocycles. The molecule has 0 unspecified atom stereocenters. The predicted octanol–water partition coefficient (Wildman–Crippen LogP) is 2.68. The third-order valence-corrected chi connectivity index (χ3v) is 9.08. The lowest BCUT2D eigenvalue weighted by Gasteiger charge is -2.31. The molecule has 156 valence electrons. The lowest BCUT2D eigenvalue weighted by atomic mass is 10.2. The maximum Gasteiger partial charge on any atom is 0.251 e. The number of hydrogen-bond donors (Lipinski definition) is 1. The first-order valence-corrected chi connectivity index (χ1v) is 12.6. The van der Waals surface area contributed by atoms with Gasteiger partial charge in [-0.3, -0.25) is 4.79 Å². The van der Waals surface area contributed by atoms with Gasteiger partial charge in [0.05, 0.1) is 5.02 Å². The van der Waals surface area contributed by atoms with Gasteiger partial charge in [-0.05, 0) is 38.1 Å². The van der Waals surface area contributed by atoms with Crippen molar-refractivity contribution in [2.45, 2.75) is 35.8 Å². The molecule has 0 atom stereocenters. The van der Waals surface area contributed by atoms with Crippen molar-refractivity contribution in [3.8, 4) is 0 Å². The number of benzene rings is 1. The van der Waals surface area contributed by atoms with Gasteiger partial charge in [0.15, 0.2) is 0 Å². The molecular formula is C19H28ClN3O3S2. The highest BCUT2D eigenvalue weighted by molar-refractivity contribution is 7.99. The third kappa shape index (κ3) is 5.42. The number of rotatable bonds is 7. The summed E-state index contributed by atoms with van der Waals surface area (Å²) in [6.45, 7) is 2.77. The molecule has 3 rings (SSSR count). The van der Waals surface area contributed by atoms with Crippen molar-refractivity contribution in [2.75, 3.05) is 45.5 Å². The summed E-state index contributed by atoms with van der Waals surface area (Å²) in [6, 6.07) is 4.47. The summed E-state index contributed by atoms with van der Waals surface area (Å²) in [5, 5.41) is 3.75. The fourth-order valence-electron chi connectivity index (χ4n) is 3.56. The zero-order valence-electron chi connectivity index (χ0n) is 16.2. The van der Waals surface area contributed by atoms with E-state index in [1.807, 2.05) is 18.8 Å².